The van der Waals surface area contributed by atoms with E-state index in [-0.39, 0.29) is 11.8 Å². The van der Waals surface area contributed by atoms with Crippen molar-refractivity contribution in [2.24, 2.45) is 0 Å². The number of nitrogens with zero attached hydrogens (tertiary/aromatic N) is 9. The van der Waals surface area contributed by atoms with Gasteiger partial charge in [-0.25, -0.2) is 44.9 Å². The summed E-state index contributed by atoms with van der Waals surface area (Å²) >= 11 is 0. The highest BCUT2D eigenvalue weighted by atomic mass is 15.1. The van der Waals surface area contributed by atoms with Crippen molar-refractivity contribution < 1.29 is 0 Å². The molecule has 3 aromatic heterocycles. The van der Waals surface area contributed by atoms with Gasteiger partial charge in [0.2, 0.25) is 0 Å². The second kappa shape index (κ2) is 16.7. The number of hydrogen-bond acceptors (Lipinski definition) is 9. The van der Waals surface area contributed by atoms with Crippen LogP contribution in [0.15, 0.2) is 164 Å². The standard InChI is InChI=1S/C51H41N9/c1-32(2)43-52-44(33(3)4)54-48(53-43)38-26-17-27-39(30-38)49-56-45(35-20-11-6-12-21-35)57-50(58-49)40-28-29-41(42(31-40)34-18-9-5-10-19-34)51-59-46(36-22-13-7-14-23-36)55-47(60-51)37-24-15-8-16-25-37/h5-33H,1-4H3. The van der Waals surface area contributed by atoms with Crippen molar-refractivity contribution in [1.29, 1.82) is 0 Å². The highest BCUT2D eigenvalue weighted by Crippen LogP contribution is 2.36. The second-order valence-electron chi connectivity index (χ2n) is 15.1. The van der Waals surface area contributed by atoms with Crippen molar-refractivity contribution in [2.45, 2.75) is 39.5 Å². The Hall–Kier alpha value is -7.65. The van der Waals surface area contributed by atoms with Crippen LogP contribution in [-0.2, 0) is 0 Å². The molecule has 9 rings (SSSR count). The molecule has 0 spiro atoms. The van der Waals surface area contributed by atoms with Crippen molar-refractivity contribution >= 4 is 0 Å². The van der Waals surface area contributed by atoms with E-state index >= 15 is 0 Å². The summed E-state index contributed by atoms with van der Waals surface area (Å²) in [6, 6.07) is 54.6. The van der Waals surface area contributed by atoms with Crippen LogP contribution in [-0.4, -0.2) is 44.9 Å². The van der Waals surface area contributed by atoms with Crippen LogP contribution in [0, 0.1) is 0 Å². The van der Waals surface area contributed by atoms with Crippen LogP contribution in [0.1, 0.15) is 51.2 Å². The molecule has 0 aliphatic carbocycles. The molecular formula is C51H41N9. The van der Waals surface area contributed by atoms with Gasteiger partial charge in [-0.15, -0.1) is 0 Å². The van der Waals surface area contributed by atoms with Crippen LogP contribution >= 0.6 is 0 Å². The number of benzene rings is 6. The molecule has 0 atom stereocenters. The van der Waals surface area contributed by atoms with Gasteiger partial charge >= 0.3 is 0 Å². The summed E-state index contributed by atoms with van der Waals surface area (Å²) in [7, 11) is 0. The molecule has 0 amide bonds. The summed E-state index contributed by atoms with van der Waals surface area (Å²) in [4.78, 5) is 44.9. The van der Waals surface area contributed by atoms with Gasteiger partial charge in [-0.05, 0) is 29.3 Å². The van der Waals surface area contributed by atoms with Crippen LogP contribution in [0.5, 0.6) is 0 Å². The minimum absolute atomic E-state index is 0.154. The molecule has 60 heavy (non-hydrogen) atoms. The second-order valence-corrected chi connectivity index (χ2v) is 15.1. The van der Waals surface area contributed by atoms with Gasteiger partial charge in [-0.2, -0.15) is 0 Å². The Morgan fingerprint density at radius 3 is 1.00 bits per heavy atom. The van der Waals surface area contributed by atoms with E-state index in [2.05, 4.69) is 52.0 Å². The Balaban J connectivity index is 1.21. The molecule has 0 fully saturated rings. The first-order chi connectivity index (χ1) is 29.4. The summed E-state index contributed by atoms with van der Waals surface area (Å²) in [6.07, 6.45) is 0. The van der Waals surface area contributed by atoms with Gasteiger partial charge in [0, 0.05) is 50.8 Å². The Bertz CT molecular complexity index is 2840. The smallest absolute Gasteiger partial charge is 0.164 e. The third-order valence-corrected chi connectivity index (χ3v) is 10.1. The van der Waals surface area contributed by atoms with Crippen LogP contribution in [0.3, 0.4) is 0 Å². The van der Waals surface area contributed by atoms with Crippen molar-refractivity contribution in [3.63, 3.8) is 0 Å². The molecule has 6 aromatic carbocycles. The quantitative estimate of drug-likeness (QED) is 0.134. The van der Waals surface area contributed by atoms with Gasteiger partial charge in [0.25, 0.3) is 0 Å². The topological polar surface area (TPSA) is 116 Å². The largest absolute Gasteiger partial charge is 0.217 e. The first-order valence-corrected chi connectivity index (χ1v) is 20.1. The van der Waals surface area contributed by atoms with E-state index in [4.69, 9.17) is 44.9 Å². The van der Waals surface area contributed by atoms with Crippen molar-refractivity contribution in [2.75, 3.05) is 0 Å². The van der Waals surface area contributed by atoms with Crippen molar-refractivity contribution in [3.8, 4) is 90.8 Å². The summed E-state index contributed by atoms with van der Waals surface area (Å²) in [5.74, 6) is 5.85. The normalized spacial score (nSPS) is 11.3. The zero-order valence-corrected chi connectivity index (χ0v) is 33.8. The molecule has 0 aliphatic heterocycles. The van der Waals surface area contributed by atoms with Gasteiger partial charge in [0.05, 0.1) is 0 Å². The molecule has 0 radical (unpaired) electrons. The first-order valence-electron chi connectivity index (χ1n) is 20.1. The van der Waals surface area contributed by atoms with Crippen LogP contribution < -0.4 is 0 Å². The summed E-state index contributed by atoms with van der Waals surface area (Å²) in [5, 5.41) is 0. The fourth-order valence-electron chi connectivity index (χ4n) is 6.87. The zero-order valence-electron chi connectivity index (χ0n) is 33.8. The van der Waals surface area contributed by atoms with Gasteiger partial charge in [-0.1, -0.05) is 173 Å². The van der Waals surface area contributed by atoms with Crippen LogP contribution in [0.25, 0.3) is 90.8 Å². The average molecular weight is 780 g/mol. The molecule has 0 unspecified atom stereocenters. The van der Waals surface area contributed by atoms with E-state index in [0.29, 0.717) is 40.8 Å². The Morgan fingerprint density at radius 2 is 0.583 bits per heavy atom. The molecular weight excluding hydrogens is 739 g/mol. The highest BCUT2D eigenvalue weighted by molar-refractivity contribution is 5.85. The molecule has 0 saturated carbocycles. The van der Waals surface area contributed by atoms with Gasteiger partial charge in [0.1, 0.15) is 11.6 Å². The fourth-order valence-corrected chi connectivity index (χ4v) is 6.87. The van der Waals surface area contributed by atoms with E-state index < -0.39 is 0 Å². The molecule has 9 nitrogen and oxygen atoms in total. The lowest BCUT2D eigenvalue weighted by Crippen LogP contribution is -2.08. The predicted molar refractivity (Wildman–Crippen MR) is 238 cm³/mol. The maximum absolute atomic E-state index is 5.15. The third-order valence-electron chi connectivity index (χ3n) is 10.1. The molecule has 3 heterocycles. The minimum atomic E-state index is 0.154. The third kappa shape index (κ3) is 8.06. The Morgan fingerprint density at radius 1 is 0.250 bits per heavy atom. The van der Waals surface area contributed by atoms with E-state index in [1.54, 1.807) is 0 Å². The van der Waals surface area contributed by atoms with Crippen molar-refractivity contribution in [3.05, 3.63) is 175 Å². The highest BCUT2D eigenvalue weighted by Gasteiger charge is 2.20. The molecule has 0 N–H and O–H groups in total. The van der Waals surface area contributed by atoms with Gasteiger partial charge in [-0.3, -0.25) is 0 Å². The Labute approximate surface area is 349 Å². The lowest BCUT2D eigenvalue weighted by atomic mass is 9.96. The average Bonchev–Trinajstić information content (AvgIpc) is 3.32. The van der Waals surface area contributed by atoms with E-state index in [1.165, 1.54) is 0 Å². The van der Waals surface area contributed by atoms with Crippen LogP contribution in [0.2, 0.25) is 0 Å². The van der Waals surface area contributed by atoms with Gasteiger partial charge in [0.15, 0.2) is 40.8 Å². The SMILES string of the molecule is CC(C)c1nc(-c2cccc(-c3nc(-c4ccccc4)nc(-c4ccc(-c5nc(-c6ccccc6)nc(-c6ccccc6)n5)c(-c5ccccc5)c4)n3)c2)nc(C(C)C)n1. The maximum Gasteiger partial charge on any atom is 0.164 e. The monoisotopic (exact) mass is 779 g/mol. The fraction of sp³-hybridized carbons (Fsp3) is 0.118. The van der Waals surface area contributed by atoms with E-state index in [9.17, 15) is 0 Å². The summed E-state index contributed by atoms with van der Waals surface area (Å²) < 4.78 is 0. The van der Waals surface area contributed by atoms with E-state index in [1.807, 2.05) is 140 Å². The lowest BCUT2D eigenvalue weighted by Gasteiger charge is -2.14. The van der Waals surface area contributed by atoms with Crippen LogP contribution in [0.4, 0.5) is 0 Å². The first kappa shape index (κ1) is 37.9. The number of rotatable bonds is 10. The van der Waals surface area contributed by atoms with Crippen molar-refractivity contribution in [1.82, 2.24) is 44.9 Å². The summed E-state index contributed by atoms with van der Waals surface area (Å²) in [6.45, 7) is 8.39. The molecule has 290 valence electrons. The molecule has 9 heteroatoms. The maximum atomic E-state index is 5.15. The molecule has 9 aromatic rings. The molecule has 0 bridgehead atoms. The Kier molecular flexibility index (Phi) is 10.5. The predicted octanol–water partition coefficient (Wildman–Crippen LogP) is 11.8. The lowest BCUT2D eigenvalue weighted by molar-refractivity contribution is 0.697. The summed E-state index contributed by atoms with van der Waals surface area (Å²) in [5.41, 5.74) is 7.97. The minimum Gasteiger partial charge on any atom is -0.217 e. The van der Waals surface area contributed by atoms with E-state index in [0.717, 1.165) is 61.7 Å². The zero-order chi connectivity index (χ0) is 41.0. The molecule has 0 aliphatic rings. The number of hydrogen-bond donors (Lipinski definition) is 0. The van der Waals surface area contributed by atoms with Gasteiger partial charge < -0.3 is 0 Å². The number of aromatic nitrogens is 9. The molecule has 0 saturated heterocycles.